The zero-order chi connectivity index (χ0) is 22.4. The molecule has 0 fully saturated rings. The van der Waals surface area contributed by atoms with E-state index >= 15 is 0 Å². The third kappa shape index (κ3) is 5.31. The first-order valence-corrected chi connectivity index (χ1v) is 10.2. The molecule has 1 atom stereocenters. The van der Waals surface area contributed by atoms with Crippen molar-refractivity contribution < 1.29 is 24.2 Å². The fourth-order valence-corrected chi connectivity index (χ4v) is 3.13. The van der Waals surface area contributed by atoms with E-state index in [2.05, 4.69) is 33.9 Å². The van der Waals surface area contributed by atoms with Crippen LogP contribution in [0.2, 0.25) is 0 Å². The molecule has 166 valence electrons. The Bertz CT molecular complexity index is 1000. The van der Waals surface area contributed by atoms with Gasteiger partial charge in [0, 0.05) is 30.4 Å². The van der Waals surface area contributed by atoms with Crippen LogP contribution < -0.4 is 14.4 Å². The summed E-state index contributed by atoms with van der Waals surface area (Å²) in [5.74, 6) is 2.63. The highest BCUT2D eigenvalue weighted by molar-refractivity contribution is 5.68. The highest BCUT2D eigenvalue weighted by Crippen LogP contribution is 2.33. The second-order valence-corrected chi connectivity index (χ2v) is 6.96. The van der Waals surface area contributed by atoms with Gasteiger partial charge in [0.05, 0.1) is 19.3 Å². The highest BCUT2D eigenvalue weighted by Gasteiger charge is 2.17. The maximum atomic E-state index is 9.45. The summed E-state index contributed by atoms with van der Waals surface area (Å²) in [7, 11) is 1.54. The third-order valence-electron chi connectivity index (χ3n) is 4.77. The van der Waals surface area contributed by atoms with E-state index in [1.54, 1.807) is 18.2 Å². The molecule has 31 heavy (non-hydrogen) atoms. The minimum absolute atomic E-state index is 0.0262. The van der Waals surface area contributed by atoms with Crippen LogP contribution in [-0.4, -0.2) is 64.9 Å². The fourth-order valence-electron chi connectivity index (χ4n) is 3.13. The van der Waals surface area contributed by atoms with E-state index in [1.807, 2.05) is 19.1 Å². The van der Waals surface area contributed by atoms with Crippen molar-refractivity contribution in [3.8, 4) is 34.3 Å². The van der Waals surface area contributed by atoms with E-state index in [4.69, 9.17) is 19.1 Å². The van der Waals surface area contributed by atoms with Crippen LogP contribution in [0, 0.1) is 6.92 Å². The normalized spacial score (nSPS) is 11.9. The molecule has 3 rings (SSSR count). The molecule has 0 radical (unpaired) electrons. The van der Waals surface area contributed by atoms with Crippen molar-refractivity contribution in [3.63, 3.8) is 0 Å². The van der Waals surface area contributed by atoms with Crippen molar-refractivity contribution in [2.45, 2.75) is 26.9 Å². The van der Waals surface area contributed by atoms with E-state index in [1.165, 1.54) is 7.11 Å². The fraction of sp³-hybridized carbons (Fsp3) is 0.409. The summed E-state index contributed by atoms with van der Waals surface area (Å²) >= 11 is 0. The molecule has 0 aliphatic carbocycles. The summed E-state index contributed by atoms with van der Waals surface area (Å²) in [6.07, 6.45) is -0.949. The molecule has 3 aromatic rings. The molecule has 0 unspecified atom stereocenters. The lowest BCUT2D eigenvalue weighted by Crippen LogP contribution is -2.23. The number of nitrogens with zero attached hydrogens (tertiary/aromatic N) is 4. The smallest absolute Gasteiger partial charge is 0.258 e. The maximum absolute atomic E-state index is 9.45. The molecule has 0 saturated heterocycles. The van der Waals surface area contributed by atoms with Crippen molar-refractivity contribution in [3.05, 3.63) is 36.0 Å². The second kappa shape index (κ2) is 10.2. The van der Waals surface area contributed by atoms with E-state index in [0.717, 1.165) is 30.2 Å². The molecule has 2 aromatic heterocycles. The standard InChI is InChI=1S/C22H28N4O5/c1-5-26(6-2)20-10-15(9-14(3)23-20)22-24-21(25-31-22)18-8-7-17(11-19(18)29-4)30-13-16(28)12-27/h7-11,16,27-28H,5-6,12-13H2,1-4H3/t16-/m0/s1. The predicted molar refractivity (Wildman–Crippen MR) is 116 cm³/mol. The number of hydrogen-bond donors (Lipinski definition) is 2. The minimum Gasteiger partial charge on any atom is -0.496 e. The summed E-state index contributed by atoms with van der Waals surface area (Å²) in [6, 6.07) is 8.99. The summed E-state index contributed by atoms with van der Waals surface area (Å²) in [5, 5.41) is 22.5. The summed E-state index contributed by atoms with van der Waals surface area (Å²) < 4.78 is 16.5. The molecule has 0 aliphatic heterocycles. The van der Waals surface area contributed by atoms with Crippen LogP contribution in [0.4, 0.5) is 5.82 Å². The SMILES string of the molecule is CCN(CC)c1cc(-c2nc(-c3ccc(OC[C@@H](O)CO)cc3OC)no2)cc(C)n1. The number of hydrogen-bond acceptors (Lipinski definition) is 9. The Kier molecular flexibility index (Phi) is 7.43. The Labute approximate surface area is 181 Å². The summed E-state index contributed by atoms with van der Waals surface area (Å²) in [6.45, 7) is 7.41. The van der Waals surface area contributed by atoms with Crippen LogP contribution in [0.5, 0.6) is 11.5 Å². The van der Waals surface area contributed by atoms with E-state index in [9.17, 15) is 5.11 Å². The van der Waals surface area contributed by atoms with Crippen LogP contribution in [0.1, 0.15) is 19.5 Å². The number of aliphatic hydroxyl groups excluding tert-OH is 2. The van der Waals surface area contributed by atoms with Gasteiger partial charge in [0.25, 0.3) is 5.89 Å². The van der Waals surface area contributed by atoms with E-state index < -0.39 is 6.10 Å². The number of pyridine rings is 1. The number of methoxy groups -OCH3 is 1. The van der Waals surface area contributed by atoms with Crippen LogP contribution in [0.3, 0.4) is 0 Å². The van der Waals surface area contributed by atoms with E-state index in [0.29, 0.717) is 28.8 Å². The van der Waals surface area contributed by atoms with Gasteiger partial charge in [-0.25, -0.2) is 4.98 Å². The first kappa shape index (κ1) is 22.5. The van der Waals surface area contributed by atoms with Crippen molar-refractivity contribution in [1.82, 2.24) is 15.1 Å². The summed E-state index contributed by atoms with van der Waals surface area (Å²) in [4.78, 5) is 11.3. The molecule has 0 spiro atoms. The van der Waals surface area contributed by atoms with Gasteiger partial charge in [-0.15, -0.1) is 0 Å². The molecule has 0 bridgehead atoms. The maximum Gasteiger partial charge on any atom is 0.258 e. The zero-order valence-electron chi connectivity index (χ0n) is 18.2. The van der Waals surface area contributed by atoms with E-state index in [-0.39, 0.29) is 13.2 Å². The van der Waals surface area contributed by atoms with Crippen molar-refractivity contribution in [2.75, 3.05) is 38.3 Å². The van der Waals surface area contributed by atoms with Crippen LogP contribution in [0.15, 0.2) is 34.9 Å². The number of rotatable bonds is 10. The number of aryl methyl sites for hydroxylation is 1. The van der Waals surface area contributed by atoms with Gasteiger partial charge in [-0.2, -0.15) is 4.98 Å². The highest BCUT2D eigenvalue weighted by atomic mass is 16.5. The Hall–Kier alpha value is -3.17. The molecule has 0 saturated carbocycles. The average Bonchev–Trinajstić information content (AvgIpc) is 3.28. The lowest BCUT2D eigenvalue weighted by Gasteiger charge is -2.20. The van der Waals surface area contributed by atoms with Crippen molar-refractivity contribution in [1.29, 1.82) is 0 Å². The Morgan fingerprint density at radius 3 is 2.58 bits per heavy atom. The monoisotopic (exact) mass is 428 g/mol. The van der Waals surface area contributed by atoms with Gasteiger partial charge >= 0.3 is 0 Å². The molecular formula is C22H28N4O5. The quantitative estimate of drug-likeness (QED) is 0.503. The van der Waals surface area contributed by atoms with Gasteiger partial charge in [0.15, 0.2) is 0 Å². The van der Waals surface area contributed by atoms with Gasteiger partial charge in [-0.05, 0) is 45.0 Å². The summed E-state index contributed by atoms with van der Waals surface area (Å²) in [5.41, 5.74) is 2.30. The predicted octanol–water partition coefficient (Wildman–Crippen LogP) is 2.69. The molecule has 2 N–H and O–H groups in total. The zero-order valence-corrected chi connectivity index (χ0v) is 18.2. The Balaban J connectivity index is 1.88. The minimum atomic E-state index is -0.949. The lowest BCUT2D eigenvalue weighted by molar-refractivity contribution is 0.0535. The van der Waals surface area contributed by atoms with Crippen LogP contribution in [-0.2, 0) is 0 Å². The number of anilines is 1. The topological polar surface area (TPSA) is 114 Å². The number of aliphatic hydroxyl groups is 2. The largest absolute Gasteiger partial charge is 0.496 e. The van der Waals surface area contributed by atoms with Gasteiger partial charge < -0.3 is 29.1 Å². The molecular weight excluding hydrogens is 400 g/mol. The van der Waals surface area contributed by atoms with Gasteiger partial charge in [-0.3, -0.25) is 0 Å². The number of aromatic nitrogens is 3. The van der Waals surface area contributed by atoms with Gasteiger partial charge in [-0.1, -0.05) is 5.16 Å². The molecule has 9 nitrogen and oxygen atoms in total. The molecule has 0 aliphatic rings. The first-order valence-electron chi connectivity index (χ1n) is 10.2. The van der Waals surface area contributed by atoms with Gasteiger partial charge in [0.2, 0.25) is 5.82 Å². The van der Waals surface area contributed by atoms with Crippen molar-refractivity contribution in [2.24, 2.45) is 0 Å². The second-order valence-electron chi connectivity index (χ2n) is 6.96. The third-order valence-corrected chi connectivity index (χ3v) is 4.77. The first-order chi connectivity index (χ1) is 15.0. The molecule has 1 aromatic carbocycles. The molecule has 0 amide bonds. The Morgan fingerprint density at radius 2 is 1.90 bits per heavy atom. The number of benzene rings is 1. The van der Waals surface area contributed by atoms with Crippen LogP contribution >= 0.6 is 0 Å². The molecule has 9 heteroatoms. The Morgan fingerprint density at radius 1 is 1.13 bits per heavy atom. The van der Waals surface area contributed by atoms with Gasteiger partial charge in [0.1, 0.15) is 30.0 Å². The number of ether oxygens (including phenoxy) is 2. The lowest BCUT2D eigenvalue weighted by atomic mass is 10.1. The van der Waals surface area contributed by atoms with Crippen LogP contribution in [0.25, 0.3) is 22.8 Å². The average molecular weight is 428 g/mol. The molecule has 2 heterocycles. The van der Waals surface area contributed by atoms with Crippen molar-refractivity contribution >= 4 is 5.82 Å².